The Labute approximate surface area is 234 Å². The number of carbonyl (C=O) groups is 3. The molecule has 0 spiro atoms. The number of hydrogen-bond donors (Lipinski definition) is 5. The van der Waals surface area contributed by atoms with Gasteiger partial charge >= 0.3 is 0 Å². The van der Waals surface area contributed by atoms with Crippen LogP contribution in [-0.2, 0) is 4.79 Å². The molecule has 10 heteroatoms. The summed E-state index contributed by atoms with van der Waals surface area (Å²) in [5.74, 6) is -0.357. The molecule has 1 aliphatic rings. The molecule has 2 unspecified atom stereocenters. The van der Waals surface area contributed by atoms with Crippen molar-refractivity contribution >= 4 is 34.5 Å². The Morgan fingerprint density at radius 3 is 2.42 bits per heavy atom. The van der Waals surface area contributed by atoms with Gasteiger partial charge < -0.3 is 32.3 Å². The summed E-state index contributed by atoms with van der Waals surface area (Å²) in [7, 11) is 0. The van der Waals surface area contributed by atoms with Crippen molar-refractivity contribution in [3.05, 3.63) is 83.9 Å². The molecule has 1 aliphatic heterocycles. The van der Waals surface area contributed by atoms with Crippen LogP contribution < -0.4 is 27.4 Å². The molecule has 210 valence electrons. The van der Waals surface area contributed by atoms with Gasteiger partial charge in [0.05, 0.1) is 6.04 Å². The summed E-state index contributed by atoms with van der Waals surface area (Å²) in [6, 6.07) is 22.0. The number of carbonyl (C=O) groups excluding carboxylic acids is 3. The van der Waals surface area contributed by atoms with Crippen molar-refractivity contribution in [2.45, 2.75) is 31.3 Å². The molecule has 40 heavy (non-hydrogen) atoms. The second kappa shape index (κ2) is 14.1. The van der Waals surface area contributed by atoms with E-state index in [2.05, 4.69) is 20.9 Å². The summed E-state index contributed by atoms with van der Waals surface area (Å²) >= 11 is 0. The third kappa shape index (κ3) is 8.03. The lowest BCUT2D eigenvalue weighted by atomic mass is 10.1. The lowest BCUT2D eigenvalue weighted by Crippen LogP contribution is -2.49. The molecule has 1 saturated heterocycles. The van der Waals surface area contributed by atoms with Gasteiger partial charge in [0, 0.05) is 49.9 Å². The second-order valence-electron chi connectivity index (χ2n) is 9.87. The van der Waals surface area contributed by atoms with Gasteiger partial charge in [0.15, 0.2) is 5.96 Å². The number of benzene rings is 3. The summed E-state index contributed by atoms with van der Waals surface area (Å²) in [6.45, 7) is 2.03. The minimum Gasteiger partial charge on any atom is -0.370 e. The number of hydrogen-bond acceptors (Lipinski definition) is 5. The van der Waals surface area contributed by atoms with Crippen LogP contribution in [0.3, 0.4) is 0 Å². The van der Waals surface area contributed by atoms with Gasteiger partial charge in [-0.1, -0.05) is 48.5 Å². The SMILES string of the molecule is NC(N)=NCCCC1NC(CNC(=O)c2ccc3ccccc3c2)CCN(CCNC(=O)c2ccccc2)C1=O. The second-order valence-corrected chi connectivity index (χ2v) is 9.87. The van der Waals surface area contributed by atoms with Gasteiger partial charge in [-0.05, 0) is 54.3 Å². The average Bonchev–Trinajstić information content (AvgIpc) is 3.12. The molecule has 1 fully saturated rings. The largest absolute Gasteiger partial charge is 0.370 e. The van der Waals surface area contributed by atoms with Crippen LogP contribution in [0.15, 0.2) is 77.8 Å². The molecule has 7 N–H and O–H groups in total. The molecule has 0 saturated carbocycles. The number of amides is 3. The van der Waals surface area contributed by atoms with E-state index in [4.69, 9.17) is 11.5 Å². The average molecular weight is 544 g/mol. The predicted molar refractivity (Wildman–Crippen MR) is 157 cm³/mol. The highest BCUT2D eigenvalue weighted by molar-refractivity contribution is 5.98. The van der Waals surface area contributed by atoms with Crippen molar-refractivity contribution < 1.29 is 14.4 Å². The van der Waals surface area contributed by atoms with E-state index >= 15 is 0 Å². The van der Waals surface area contributed by atoms with E-state index in [1.165, 1.54) is 0 Å². The number of nitrogens with two attached hydrogens (primary N) is 2. The molecule has 0 radical (unpaired) electrons. The molecule has 0 aliphatic carbocycles. The topological polar surface area (TPSA) is 155 Å². The first-order chi connectivity index (χ1) is 19.4. The minimum atomic E-state index is -0.455. The van der Waals surface area contributed by atoms with Gasteiger partial charge in [-0.15, -0.1) is 0 Å². The van der Waals surface area contributed by atoms with E-state index in [0.29, 0.717) is 63.1 Å². The normalized spacial score (nSPS) is 17.2. The molecule has 10 nitrogen and oxygen atoms in total. The Morgan fingerprint density at radius 2 is 1.65 bits per heavy atom. The smallest absolute Gasteiger partial charge is 0.251 e. The van der Waals surface area contributed by atoms with Crippen LogP contribution >= 0.6 is 0 Å². The van der Waals surface area contributed by atoms with E-state index in [9.17, 15) is 14.4 Å². The highest BCUT2D eigenvalue weighted by atomic mass is 16.2. The zero-order valence-corrected chi connectivity index (χ0v) is 22.5. The summed E-state index contributed by atoms with van der Waals surface area (Å²) in [6.07, 6.45) is 1.81. The molecular weight excluding hydrogens is 506 g/mol. The van der Waals surface area contributed by atoms with Crippen molar-refractivity contribution in [2.24, 2.45) is 16.5 Å². The third-order valence-corrected chi connectivity index (χ3v) is 6.96. The van der Waals surface area contributed by atoms with Gasteiger partial charge in [0.1, 0.15) is 0 Å². The Balaban J connectivity index is 1.36. The molecule has 3 aromatic carbocycles. The van der Waals surface area contributed by atoms with E-state index in [-0.39, 0.29) is 29.7 Å². The maximum absolute atomic E-state index is 13.4. The van der Waals surface area contributed by atoms with E-state index in [0.717, 1.165) is 10.8 Å². The van der Waals surface area contributed by atoms with Gasteiger partial charge in [-0.3, -0.25) is 19.4 Å². The summed E-state index contributed by atoms with van der Waals surface area (Å²) in [5, 5.41) is 11.4. The number of guanidine groups is 1. The Kier molecular flexibility index (Phi) is 10.1. The Morgan fingerprint density at radius 1 is 0.925 bits per heavy atom. The summed E-state index contributed by atoms with van der Waals surface area (Å²) < 4.78 is 0. The fourth-order valence-electron chi connectivity index (χ4n) is 4.82. The Hall–Kier alpha value is -4.44. The van der Waals surface area contributed by atoms with Crippen molar-refractivity contribution in [1.82, 2.24) is 20.9 Å². The summed E-state index contributed by atoms with van der Waals surface area (Å²) in [5.41, 5.74) is 12.0. The molecular formula is C30H37N7O3. The molecule has 2 atom stereocenters. The quantitative estimate of drug-likeness (QED) is 0.141. The first-order valence-corrected chi connectivity index (χ1v) is 13.6. The fourth-order valence-corrected chi connectivity index (χ4v) is 4.82. The van der Waals surface area contributed by atoms with Crippen LogP contribution in [0, 0.1) is 0 Å². The van der Waals surface area contributed by atoms with Crippen LogP contribution in [0.2, 0.25) is 0 Å². The number of nitrogens with zero attached hydrogens (tertiary/aromatic N) is 2. The zero-order valence-electron chi connectivity index (χ0n) is 22.5. The molecule has 0 bridgehead atoms. The zero-order chi connectivity index (χ0) is 28.3. The van der Waals surface area contributed by atoms with Gasteiger partial charge in [0.25, 0.3) is 11.8 Å². The van der Waals surface area contributed by atoms with Crippen molar-refractivity contribution in [3.63, 3.8) is 0 Å². The van der Waals surface area contributed by atoms with Gasteiger partial charge in [-0.2, -0.15) is 0 Å². The number of nitrogens with one attached hydrogen (secondary N) is 3. The number of aliphatic imine (C=N–C) groups is 1. The van der Waals surface area contributed by atoms with Crippen LogP contribution in [0.4, 0.5) is 0 Å². The monoisotopic (exact) mass is 543 g/mol. The van der Waals surface area contributed by atoms with Crippen molar-refractivity contribution in [2.75, 3.05) is 32.7 Å². The number of fused-ring (bicyclic) bond motifs is 1. The fraction of sp³-hybridized carbons (Fsp3) is 0.333. The maximum Gasteiger partial charge on any atom is 0.251 e. The maximum atomic E-state index is 13.4. The molecule has 4 rings (SSSR count). The standard InChI is InChI=1S/C30H37N7O3/c31-30(32)34-15-6-11-26-29(40)37(18-16-33-27(38)22-8-2-1-3-9-22)17-14-25(36-26)20-35-28(39)24-13-12-21-7-4-5-10-23(21)19-24/h1-5,7-10,12-13,19,25-26,36H,6,11,14-18,20H2,(H,33,38)(H,35,39)(H4,31,32,34). The van der Waals surface area contributed by atoms with E-state index in [1.54, 1.807) is 17.0 Å². The van der Waals surface area contributed by atoms with Gasteiger partial charge in [0.2, 0.25) is 5.91 Å². The van der Waals surface area contributed by atoms with E-state index < -0.39 is 6.04 Å². The molecule has 3 aromatic rings. The van der Waals surface area contributed by atoms with Crippen molar-refractivity contribution in [3.8, 4) is 0 Å². The minimum absolute atomic E-state index is 0.0187. The molecule has 1 heterocycles. The van der Waals surface area contributed by atoms with Crippen LogP contribution in [0.1, 0.15) is 40.0 Å². The highest BCUT2D eigenvalue weighted by Crippen LogP contribution is 2.16. The lowest BCUT2D eigenvalue weighted by molar-refractivity contribution is -0.132. The van der Waals surface area contributed by atoms with E-state index in [1.807, 2.05) is 60.7 Å². The highest BCUT2D eigenvalue weighted by Gasteiger charge is 2.30. The lowest BCUT2D eigenvalue weighted by Gasteiger charge is -2.25. The summed E-state index contributed by atoms with van der Waals surface area (Å²) in [4.78, 5) is 44.6. The molecule has 0 aromatic heterocycles. The van der Waals surface area contributed by atoms with Gasteiger partial charge in [-0.25, -0.2) is 0 Å². The van der Waals surface area contributed by atoms with Crippen LogP contribution in [0.5, 0.6) is 0 Å². The number of rotatable bonds is 11. The third-order valence-electron chi connectivity index (χ3n) is 6.96. The predicted octanol–water partition coefficient (Wildman–Crippen LogP) is 1.61. The first kappa shape index (κ1) is 28.6. The van der Waals surface area contributed by atoms with Crippen molar-refractivity contribution in [1.29, 1.82) is 0 Å². The van der Waals surface area contributed by atoms with Crippen LogP contribution in [-0.4, -0.2) is 73.4 Å². The Bertz CT molecular complexity index is 1340. The van der Waals surface area contributed by atoms with Crippen LogP contribution in [0.25, 0.3) is 10.8 Å². The molecule has 3 amide bonds. The first-order valence-electron chi connectivity index (χ1n) is 13.6.